The van der Waals surface area contributed by atoms with Gasteiger partial charge >= 0.3 is 0 Å². The highest BCUT2D eigenvalue weighted by atomic mass is 32.1. The summed E-state index contributed by atoms with van der Waals surface area (Å²) >= 11 is 1.67. The van der Waals surface area contributed by atoms with Gasteiger partial charge in [0.15, 0.2) is 0 Å². The molecule has 4 rings (SSSR count). The summed E-state index contributed by atoms with van der Waals surface area (Å²) in [5.74, 6) is 0.626. The molecule has 0 spiro atoms. The molecule has 0 radical (unpaired) electrons. The van der Waals surface area contributed by atoms with Crippen LogP contribution in [0.25, 0.3) is 10.2 Å². The molecule has 5 heteroatoms. The monoisotopic (exact) mass is 342 g/mol. The molecule has 1 aromatic carbocycles. The van der Waals surface area contributed by atoms with Crippen molar-refractivity contribution in [3.05, 3.63) is 62.3 Å². The Labute approximate surface area is 143 Å². The number of aromatic nitrogens is 2. The number of rotatable bonds is 3. The average Bonchev–Trinajstić information content (AvgIpc) is 3.10. The van der Waals surface area contributed by atoms with Crippen molar-refractivity contribution in [2.24, 2.45) is 0 Å². The van der Waals surface area contributed by atoms with Gasteiger partial charge in [0.25, 0.3) is 5.56 Å². The number of nitrogens with zero attached hydrogens (tertiary/aromatic N) is 2. The molecule has 3 aromatic rings. The van der Waals surface area contributed by atoms with Crippen molar-refractivity contribution in [3.8, 4) is 0 Å². The van der Waals surface area contributed by atoms with Gasteiger partial charge in [-0.15, -0.1) is 11.3 Å². The van der Waals surface area contributed by atoms with Crippen LogP contribution in [0.4, 0.5) is 4.39 Å². The van der Waals surface area contributed by atoms with Gasteiger partial charge in [0.05, 0.1) is 11.9 Å². The molecule has 1 aliphatic rings. The van der Waals surface area contributed by atoms with Crippen LogP contribution in [0.1, 0.15) is 48.0 Å². The van der Waals surface area contributed by atoms with Gasteiger partial charge in [-0.3, -0.25) is 9.36 Å². The van der Waals surface area contributed by atoms with Crippen LogP contribution >= 0.6 is 11.3 Å². The summed E-state index contributed by atoms with van der Waals surface area (Å²) in [6, 6.07) is 6.43. The molecule has 3 nitrogen and oxygen atoms in total. The molecule has 2 aromatic heterocycles. The second-order valence-corrected chi connectivity index (χ2v) is 7.77. The van der Waals surface area contributed by atoms with E-state index in [2.05, 4.69) is 0 Å². The summed E-state index contributed by atoms with van der Waals surface area (Å²) in [6.07, 6.45) is 3.14. The first-order chi connectivity index (χ1) is 11.5. The van der Waals surface area contributed by atoms with E-state index in [4.69, 9.17) is 4.98 Å². The minimum atomic E-state index is -0.280. The fraction of sp³-hybridized carbons (Fsp3) is 0.368. The molecule has 2 heterocycles. The lowest BCUT2D eigenvalue weighted by molar-refractivity contribution is 0.612. The summed E-state index contributed by atoms with van der Waals surface area (Å²) in [5, 5.41) is 0.785. The van der Waals surface area contributed by atoms with Crippen molar-refractivity contribution in [2.75, 3.05) is 0 Å². The van der Waals surface area contributed by atoms with Crippen LogP contribution in [0.3, 0.4) is 0 Å². The van der Waals surface area contributed by atoms with Crippen LogP contribution in [0, 0.1) is 5.82 Å². The Morgan fingerprint density at radius 1 is 1.33 bits per heavy atom. The number of benzene rings is 1. The molecule has 0 unspecified atom stereocenters. The Bertz CT molecular complexity index is 987. The smallest absolute Gasteiger partial charge is 0.262 e. The summed E-state index contributed by atoms with van der Waals surface area (Å²) < 4.78 is 15.2. The third-order valence-corrected chi connectivity index (χ3v) is 5.79. The molecule has 0 fully saturated rings. The SMILES string of the molecule is CC(C)c1nc2sc3c(c2c(=O)n1Cc1cccc(F)c1)CCC3. The number of halogens is 1. The molecule has 0 N–H and O–H groups in total. The van der Waals surface area contributed by atoms with E-state index in [0.29, 0.717) is 6.54 Å². The molecule has 124 valence electrons. The van der Waals surface area contributed by atoms with Crippen LogP contribution in [-0.2, 0) is 19.4 Å². The van der Waals surface area contributed by atoms with E-state index in [-0.39, 0.29) is 17.3 Å². The maximum atomic E-state index is 13.5. The van der Waals surface area contributed by atoms with Gasteiger partial charge in [-0.2, -0.15) is 0 Å². The van der Waals surface area contributed by atoms with Gasteiger partial charge in [0.1, 0.15) is 16.5 Å². The quantitative estimate of drug-likeness (QED) is 0.713. The highest BCUT2D eigenvalue weighted by molar-refractivity contribution is 7.18. The zero-order valence-corrected chi connectivity index (χ0v) is 14.6. The van der Waals surface area contributed by atoms with Crippen molar-refractivity contribution in [1.29, 1.82) is 0 Å². The van der Waals surface area contributed by atoms with Crippen LogP contribution in [0.2, 0.25) is 0 Å². The molecule has 0 amide bonds. The lowest BCUT2D eigenvalue weighted by Gasteiger charge is -2.15. The van der Waals surface area contributed by atoms with E-state index >= 15 is 0 Å². The third kappa shape index (κ3) is 2.47. The van der Waals surface area contributed by atoms with Gasteiger partial charge < -0.3 is 0 Å². The summed E-state index contributed by atoms with van der Waals surface area (Å²) in [6.45, 7) is 4.44. The maximum absolute atomic E-state index is 13.5. The summed E-state index contributed by atoms with van der Waals surface area (Å²) in [7, 11) is 0. The van der Waals surface area contributed by atoms with Gasteiger partial charge in [-0.05, 0) is 42.5 Å². The molecule has 0 atom stereocenters. The largest absolute Gasteiger partial charge is 0.291 e. The van der Waals surface area contributed by atoms with Gasteiger partial charge in [-0.1, -0.05) is 26.0 Å². The van der Waals surface area contributed by atoms with E-state index < -0.39 is 0 Å². The third-order valence-electron chi connectivity index (χ3n) is 4.60. The van der Waals surface area contributed by atoms with Crippen molar-refractivity contribution in [2.45, 2.75) is 45.6 Å². The number of thiophene rings is 1. The van der Waals surface area contributed by atoms with E-state index in [1.165, 1.54) is 22.6 Å². The van der Waals surface area contributed by atoms with Gasteiger partial charge in [-0.25, -0.2) is 9.37 Å². The Morgan fingerprint density at radius 3 is 2.92 bits per heavy atom. The minimum absolute atomic E-state index is 0.0207. The maximum Gasteiger partial charge on any atom is 0.262 e. The van der Waals surface area contributed by atoms with E-state index in [9.17, 15) is 9.18 Å². The number of aryl methyl sites for hydroxylation is 2. The fourth-order valence-corrected chi connectivity index (χ4v) is 4.76. The van der Waals surface area contributed by atoms with Crippen molar-refractivity contribution in [3.63, 3.8) is 0 Å². The molecule has 0 bridgehead atoms. The Kier molecular flexibility index (Phi) is 3.76. The number of fused-ring (bicyclic) bond motifs is 3. The first-order valence-electron chi connectivity index (χ1n) is 8.34. The predicted molar refractivity (Wildman–Crippen MR) is 95.5 cm³/mol. The summed E-state index contributed by atoms with van der Waals surface area (Å²) in [4.78, 5) is 20.2. The van der Waals surface area contributed by atoms with E-state index in [0.717, 1.165) is 40.9 Å². The predicted octanol–water partition coefficient (Wildman–Crippen LogP) is 4.26. The van der Waals surface area contributed by atoms with Gasteiger partial charge in [0.2, 0.25) is 0 Å². The van der Waals surface area contributed by atoms with Crippen LogP contribution in [0.15, 0.2) is 29.1 Å². The Hall–Kier alpha value is -2.01. The van der Waals surface area contributed by atoms with Gasteiger partial charge in [0, 0.05) is 10.8 Å². The normalized spacial score (nSPS) is 13.8. The van der Waals surface area contributed by atoms with Crippen molar-refractivity contribution >= 4 is 21.6 Å². The number of hydrogen-bond donors (Lipinski definition) is 0. The lowest BCUT2D eigenvalue weighted by Crippen LogP contribution is -2.26. The molecule has 0 aliphatic heterocycles. The van der Waals surface area contributed by atoms with E-state index in [1.54, 1.807) is 22.0 Å². The highest BCUT2D eigenvalue weighted by Crippen LogP contribution is 2.35. The molecule has 0 saturated heterocycles. The van der Waals surface area contributed by atoms with E-state index in [1.807, 2.05) is 19.9 Å². The Balaban J connectivity index is 1.93. The standard InChI is InChI=1S/C19H19FN2OS/c1-11(2)17-21-18-16(14-7-4-8-15(14)24-18)19(23)22(17)10-12-5-3-6-13(20)9-12/h3,5-6,9,11H,4,7-8,10H2,1-2H3. The second-order valence-electron chi connectivity index (χ2n) is 6.68. The highest BCUT2D eigenvalue weighted by Gasteiger charge is 2.23. The summed E-state index contributed by atoms with van der Waals surface area (Å²) in [5.41, 5.74) is 2.00. The first-order valence-corrected chi connectivity index (χ1v) is 9.15. The van der Waals surface area contributed by atoms with Crippen LogP contribution < -0.4 is 5.56 Å². The van der Waals surface area contributed by atoms with Crippen LogP contribution in [0.5, 0.6) is 0 Å². The molecular weight excluding hydrogens is 323 g/mol. The fourth-order valence-electron chi connectivity index (χ4n) is 3.50. The van der Waals surface area contributed by atoms with Crippen molar-refractivity contribution < 1.29 is 4.39 Å². The molecule has 0 saturated carbocycles. The van der Waals surface area contributed by atoms with Crippen LogP contribution in [-0.4, -0.2) is 9.55 Å². The average molecular weight is 342 g/mol. The number of hydrogen-bond acceptors (Lipinski definition) is 3. The van der Waals surface area contributed by atoms with Crippen molar-refractivity contribution in [1.82, 2.24) is 9.55 Å². The Morgan fingerprint density at radius 2 is 2.17 bits per heavy atom. The zero-order chi connectivity index (χ0) is 16.8. The topological polar surface area (TPSA) is 34.9 Å². The zero-order valence-electron chi connectivity index (χ0n) is 13.8. The molecule has 24 heavy (non-hydrogen) atoms. The molecule has 1 aliphatic carbocycles. The first kappa shape index (κ1) is 15.5. The minimum Gasteiger partial charge on any atom is -0.291 e. The lowest BCUT2D eigenvalue weighted by atomic mass is 10.1. The second kappa shape index (κ2) is 5.81. The molecular formula is C19H19FN2OS.